The van der Waals surface area contributed by atoms with Gasteiger partial charge in [0, 0.05) is 10.9 Å². The Balaban J connectivity index is 2.52. The molecule has 1 N–H and O–H groups in total. The summed E-state index contributed by atoms with van der Waals surface area (Å²) in [7, 11) is 0. The lowest BCUT2D eigenvalue weighted by Gasteiger charge is -2.15. The molecule has 0 amide bonds. The summed E-state index contributed by atoms with van der Waals surface area (Å²) in [5.74, 6) is 0.394. The quantitative estimate of drug-likeness (QED) is 0.875. The Labute approximate surface area is 100 Å². The van der Waals surface area contributed by atoms with Crippen molar-refractivity contribution in [1.82, 2.24) is 0 Å². The highest BCUT2D eigenvalue weighted by atomic mass is 19.1. The van der Waals surface area contributed by atoms with Gasteiger partial charge in [0.2, 0.25) is 0 Å². The standard InChI is InChI=1S/C14H17FO2/c1-4-8(2)13(16)14-9(3)11-7-10(15)5-6-12(11)17-14/h5-8,13,16H,4H2,1-3H3. The monoisotopic (exact) mass is 236 g/mol. The zero-order valence-electron chi connectivity index (χ0n) is 10.3. The third-order valence-electron chi connectivity index (χ3n) is 3.39. The predicted octanol–water partition coefficient (Wildman–Crippen LogP) is 3.96. The smallest absolute Gasteiger partial charge is 0.136 e. The van der Waals surface area contributed by atoms with E-state index >= 15 is 0 Å². The third-order valence-corrected chi connectivity index (χ3v) is 3.39. The van der Waals surface area contributed by atoms with E-state index in [2.05, 4.69) is 0 Å². The van der Waals surface area contributed by atoms with Crippen LogP contribution in [0.4, 0.5) is 4.39 Å². The van der Waals surface area contributed by atoms with E-state index in [4.69, 9.17) is 4.42 Å². The van der Waals surface area contributed by atoms with Crippen LogP contribution in [0.25, 0.3) is 11.0 Å². The zero-order valence-corrected chi connectivity index (χ0v) is 10.3. The predicted molar refractivity (Wildman–Crippen MR) is 65.3 cm³/mol. The van der Waals surface area contributed by atoms with Crippen LogP contribution in [0.3, 0.4) is 0 Å². The van der Waals surface area contributed by atoms with E-state index in [-0.39, 0.29) is 11.7 Å². The van der Waals surface area contributed by atoms with Crippen molar-refractivity contribution in [3.63, 3.8) is 0 Å². The molecule has 1 aromatic heterocycles. The molecule has 2 aromatic rings. The Kier molecular flexibility index (Phi) is 3.20. The van der Waals surface area contributed by atoms with Crippen molar-refractivity contribution < 1.29 is 13.9 Å². The molecule has 0 bridgehead atoms. The molecule has 92 valence electrons. The molecule has 2 atom stereocenters. The van der Waals surface area contributed by atoms with Gasteiger partial charge in [0.15, 0.2) is 0 Å². The molecule has 1 aromatic carbocycles. The van der Waals surface area contributed by atoms with Crippen LogP contribution in [0.5, 0.6) is 0 Å². The molecule has 0 aliphatic carbocycles. The highest BCUT2D eigenvalue weighted by molar-refractivity contribution is 5.82. The summed E-state index contributed by atoms with van der Waals surface area (Å²) in [5, 5.41) is 10.9. The first-order valence-electron chi connectivity index (χ1n) is 5.91. The molecule has 0 aliphatic rings. The van der Waals surface area contributed by atoms with Gasteiger partial charge in [-0.1, -0.05) is 20.3 Å². The third kappa shape index (κ3) is 2.07. The minimum Gasteiger partial charge on any atom is -0.458 e. The Morgan fingerprint density at radius 2 is 2.12 bits per heavy atom. The van der Waals surface area contributed by atoms with Crippen LogP contribution in [-0.2, 0) is 0 Å². The number of furan rings is 1. The molecule has 1 heterocycles. The van der Waals surface area contributed by atoms with Crippen molar-refractivity contribution in [2.45, 2.75) is 33.3 Å². The number of halogens is 1. The maximum atomic E-state index is 13.1. The number of hydrogen-bond acceptors (Lipinski definition) is 2. The fourth-order valence-electron chi connectivity index (χ4n) is 1.98. The van der Waals surface area contributed by atoms with Crippen LogP contribution in [0.1, 0.15) is 37.7 Å². The number of hydrogen-bond donors (Lipinski definition) is 1. The Bertz CT molecular complexity index is 530. The van der Waals surface area contributed by atoms with Crippen molar-refractivity contribution >= 4 is 11.0 Å². The number of aryl methyl sites for hydroxylation is 1. The lowest BCUT2D eigenvalue weighted by atomic mass is 9.97. The fourth-order valence-corrected chi connectivity index (χ4v) is 1.98. The number of aliphatic hydroxyl groups is 1. The van der Waals surface area contributed by atoms with Gasteiger partial charge in [0.25, 0.3) is 0 Å². The molecule has 0 spiro atoms. The van der Waals surface area contributed by atoms with E-state index in [1.54, 1.807) is 6.07 Å². The largest absolute Gasteiger partial charge is 0.458 e. The Hall–Kier alpha value is -1.35. The van der Waals surface area contributed by atoms with Gasteiger partial charge in [-0.3, -0.25) is 0 Å². The van der Waals surface area contributed by atoms with E-state index in [1.807, 2.05) is 20.8 Å². The minimum atomic E-state index is -0.629. The molecule has 2 nitrogen and oxygen atoms in total. The molecular formula is C14H17FO2. The average molecular weight is 236 g/mol. The van der Waals surface area contributed by atoms with Crippen molar-refractivity contribution in [1.29, 1.82) is 0 Å². The van der Waals surface area contributed by atoms with Crippen LogP contribution < -0.4 is 0 Å². The lowest BCUT2D eigenvalue weighted by Crippen LogP contribution is -2.08. The zero-order chi connectivity index (χ0) is 12.6. The van der Waals surface area contributed by atoms with Crippen molar-refractivity contribution in [2.24, 2.45) is 5.92 Å². The second-order valence-corrected chi connectivity index (χ2v) is 4.56. The topological polar surface area (TPSA) is 33.4 Å². The second kappa shape index (κ2) is 4.49. The number of rotatable bonds is 3. The molecule has 3 heteroatoms. The second-order valence-electron chi connectivity index (χ2n) is 4.56. The molecular weight excluding hydrogens is 219 g/mol. The van der Waals surface area contributed by atoms with Crippen molar-refractivity contribution in [2.75, 3.05) is 0 Å². The summed E-state index contributed by atoms with van der Waals surface area (Å²) >= 11 is 0. The van der Waals surface area contributed by atoms with E-state index < -0.39 is 6.10 Å². The number of aliphatic hydroxyl groups excluding tert-OH is 1. The maximum Gasteiger partial charge on any atom is 0.136 e. The van der Waals surface area contributed by atoms with Crippen LogP contribution in [0.2, 0.25) is 0 Å². The highest BCUT2D eigenvalue weighted by Crippen LogP contribution is 2.33. The van der Waals surface area contributed by atoms with E-state index in [1.165, 1.54) is 12.1 Å². The van der Waals surface area contributed by atoms with Crippen LogP contribution in [0, 0.1) is 18.7 Å². The van der Waals surface area contributed by atoms with E-state index in [0.29, 0.717) is 11.3 Å². The average Bonchev–Trinajstić information content (AvgIpc) is 2.65. The lowest BCUT2D eigenvalue weighted by molar-refractivity contribution is 0.0933. The van der Waals surface area contributed by atoms with Gasteiger partial charge in [-0.05, 0) is 31.0 Å². The molecule has 0 saturated carbocycles. The van der Waals surface area contributed by atoms with Crippen molar-refractivity contribution in [3.8, 4) is 0 Å². The molecule has 2 rings (SSSR count). The summed E-state index contributed by atoms with van der Waals surface area (Å²) in [6.45, 7) is 5.84. The highest BCUT2D eigenvalue weighted by Gasteiger charge is 2.22. The maximum absolute atomic E-state index is 13.1. The first-order valence-corrected chi connectivity index (χ1v) is 5.91. The summed E-state index contributed by atoms with van der Waals surface area (Å²) in [6.07, 6.45) is 0.238. The molecule has 2 unspecified atom stereocenters. The van der Waals surface area contributed by atoms with Gasteiger partial charge in [-0.2, -0.15) is 0 Å². The van der Waals surface area contributed by atoms with Crippen LogP contribution in [-0.4, -0.2) is 5.11 Å². The SMILES string of the molecule is CCC(C)C(O)c1oc2ccc(F)cc2c1C. The summed E-state index contributed by atoms with van der Waals surface area (Å²) in [4.78, 5) is 0. The number of fused-ring (bicyclic) bond motifs is 1. The van der Waals surface area contributed by atoms with Gasteiger partial charge in [-0.15, -0.1) is 0 Å². The molecule has 0 fully saturated rings. The van der Waals surface area contributed by atoms with E-state index in [9.17, 15) is 9.50 Å². The fraction of sp³-hybridized carbons (Fsp3) is 0.429. The van der Waals surface area contributed by atoms with Gasteiger partial charge in [0.05, 0.1) is 0 Å². The van der Waals surface area contributed by atoms with Gasteiger partial charge >= 0.3 is 0 Å². The normalized spacial score (nSPS) is 15.1. The molecule has 0 aliphatic heterocycles. The minimum absolute atomic E-state index is 0.124. The van der Waals surface area contributed by atoms with Gasteiger partial charge in [-0.25, -0.2) is 4.39 Å². The van der Waals surface area contributed by atoms with Crippen LogP contribution >= 0.6 is 0 Å². The molecule has 0 saturated heterocycles. The van der Waals surface area contributed by atoms with Gasteiger partial charge in [0.1, 0.15) is 23.3 Å². The summed E-state index contributed by atoms with van der Waals surface area (Å²) < 4.78 is 18.8. The Morgan fingerprint density at radius 3 is 2.76 bits per heavy atom. The number of benzene rings is 1. The van der Waals surface area contributed by atoms with Crippen LogP contribution in [0.15, 0.2) is 22.6 Å². The van der Waals surface area contributed by atoms with Crippen molar-refractivity contribution in [3.05, 3.63) is 35.3 Å². The summed E-state index contributed by atoms with van der Waals surface area (Å²) in [5.41, 5.74) is 1.45. The first-order chi connectivity index (χ1) is 8.04. The first kappa shape index (κ1) is 12.1. The van der Waals surface area contributed by atoms with Gasteiger partial charge < -0.3 is 9.52 Å². The molecule has 17 heavy (non-hydrogen) atoms. The Morgan fingerprint density at radius 1 is 1.41 bits per heavy atom. The van der Waals surface area contributed by atoms with E-state index in [0.717, 1.165) is 17.4 Å². The molecule has 0 radical (unpaired) electrons. The summed E-state index contributed by atoms with van der Waals surface area (Å²) in [6, 6.07) is 4.41.